The fourth-order valence-electron chi connectivity index (χ4n) is 4.12. The Morgan fingerprint density at radius 3 is 1.57 bits per heavy atom. The van der Waals surface area contributed by atoms with Crippen LogP contribution in [0.15, 0.2) is 120 Å². The van der Waals surface area contributed by atoms with Crippen LogP contribution in [0.3, 0.4) is 0 Å². The van der Waals surface area contributed by atoms with Gasteiger partial charge in [-0.25, -0.2) is 13.1 Å². The molecule has 0 amide bonds. The number of hydrogen-bond acceptors (Lipinski definition) is 4. The molecule has 0 spiro atoms. The Balaban J connectivity index is 1.71. The van der Waals surface area contributed by atoms with Crippen LogP contribution in [0.4, 0.5) is 0 Å². The van der Waals surface area contributed by atoms with Crippen molar-refractivity contribution in [3.8, 4) is 0 Å². The van der Waals surface area contributed by atoms with Gasteiger partial charge in [0.15, 0.2) is 0 Å². The Hall–Kier alpha value is -3.29. The first-order valence-corrected chi connectivity index (χ1v) is 12.9. The third kappa shape index (κ3) is 5.52. The summed E-state index contributed by atoms with van der Waals surface area (Å²) in [5.74, 6) is 0. The molecule has 0 heterocycles. The molecular formula is C29H29NO4S. The van der Waals surface area contributed by atoms with Gasteiger partial charge in [-0.15, -0.1) is 0 Å². The molecule has 6 heteroatoms. The molecule has 4 aromatic rings. The Morgan fingerprint density at radius 1 is 0.743 bits per heavy atom. The van der Waals surface area contributed by atoms with Crippen LogP contribution in [0.5, 0.6) is 0 Å². The molecule has 1 atom stereocenters. The van der Waals surface area contributed by atoms with Gasteiger partial charge in [0.1, 0.15) is 5.60 Å². The van der Waals surface area contributed by atoms with E-state index in [1.165, 1.54) is 0 Å². The first-order valence-electron chi connectivity index (χ1n) is 11.5. The molecular weight excluding hydrogens is 458 g/mol. The Labute approximate surface area is 207 Å². The van der Waals surface area contributed by atoms with Crippen molar-refractivity contribution in [2.24, 2.45) is 0 Å². The predicted octanol–water partition coefficient (Wildman–Crippen LogP) is 4.64. The summed E-state index contributed by atoms with van der Waals surface area (Å²) in [5, 5.41) is 10.1. The standard InChI is InChI=1S/C29H29NO4S/c1-23-17-19-28(20-18-23)35(32,33)30-27(21-31)22-34-29(24-11-5-2-6-12-24,25-13-7-3-8-14-25)26-15-9-4-10-16-26/h2-20,27,30-31H,21-22H2,1H3/t27-/m1/s1. The van der Waals surface area contributed by atoms with Gasteiger partial charge < -0.3 is 9.84 Å². The molecule has 180 valence electrons. The first kappa shape index (κ1) is 24.8. The van der Waals surface area contributed by atoms with Gasteiger partial charge in [-0.2, -0.15) is 0 Å². The summed E-state index contributed by atoms with van der Waals surface area (Å²) in [4.78, 5) is 0.141. The molecule has 35 heavy (non-hydrogen) atoms. The van der Waals surface area contributed by atoms with E-state index in [0.717, 1.165) is 22.3 Å². The second-order valence-corrected chi connectivity index (χ2v) is 10.1. The fraction of sp³-hybridized carbons (Fsp3) is 0.172. The molecule has 0 aliphatic heterocycles. The Kier molecular flexibility index (Phi) is 7.78. The minimum absolute atomic E-state index is 0.0553. The maximum absolute atomic E-state index is 13.0. The fourth-order valence-corrected chi connectivity index (χ4v) is 5.33. The van der Waals surface area contributed by atoms with E-state index in [1.54, 1.807) is 24.3 Å². The highest BCUT2D eigenvalue weighted by Crippen LogP contribution is 2.40. The second kappa shape index (κ2) is 11.0. The molecule has 0 unspecified atom stereocenters. The van der Waals surface area contributed by atoms with E-state index in [-0.39, 0.29) is 11.5 Å². The number of aliphatic hydroxyl groups is 1. The van der Waals surface area contributed by atoms with Gasteiger partial charge in [0.25, 0.3) is 0 Å². The van der Waals surface area contributed by atoms with Gasteiger partial charge in [0, 0.05) is 0 Å². The lowest BCUT2D eigenvalue weighted by atomic mass is 9.80. The van der Waals surface area contributed by atoms with Crippen LogP contribution in [0.1, 0.15) is 22.3 Å². The number of aliphatic hydroxyl groups excluding tert-OH is 1. The van der Waals surface area contributed by atoms with E-state index < -0.39 is 28.3 Å². The van der Waals surface area contributed by atoms with Crippen LogP contribution in [0.2, 0.25) is 0 Å². The topological polar surface area (TPSA) is 75.6 Å². The van der Waals surface area contributed by atoms with Crippen molar-refractivity contribution < 1.29 is 18.3 Å². The molecule has 0 bridgehead atoms. The summed E-state index contributed by atoms with van der Waals surface area (Å²) in [6.07, 6.45) is 0. The quantitative estimate of drug-likeness (QED) is 0.320. The van der Waals surface area contributed by atoms with Crippen molar-refractivity contribution in [2.45, 2.75) is 23.5 Å². The van der Waals surface area contributed by atoms with Crippen molar-refractivity contribution in [3.05, 3.63) is 138 Å². The van der Waals surface area contributed by atoms with E-state index >= 15 is 0 Å². The van der Waals surface area contributed by atoms with Gasteiger partial charge in [-0.1, -0.05) is 109 Å². The number of rotatable bonds is 10. The lowest BCUT2D eigenvalue weighted by molar-refractivity contribution is -0.00448. The number of hydrogen-bond donors (Lipinski definition) is 2. The molecule has 0 aromatic heterocycles. The SMILES string of the molecule is Cc1ccc(S(=O)(=O)N[C@H](CO)COC(c2ccccc2)(c2ccccc2)c2ccccc2)cc1. The van der Waals surface area contributed by atoms with Crippen LogP contribution in [0, 0.1) is 6.92 Å². The normalized spacial score (nSPS) is 12.9. The van der Waals surface area contributed by atoms with Crippen LogP contribution in [-0.2, 0) is 20.4 Å². The molecule has 0 radical (unpaired) electrons. The zero-order valence-corrected chi connectivity index (χ0v) is 20.4. The zero-order chi connectivity index (χ0) is 24.7. The number of nitrogens with one attached hydrogen (secondary N) is 1. The molecule has 0 aliphatic carbocycles. The van der Waals surface area contributed by atoms with Gasteiger partial charge in [0.2, 0.25) is 10.0 Å². The minimum atomic E-state index is -3.84. The lowest BCUT2D eigenvalue weighted by Crippen LogP contribution is -2.44. The third-order valence-corrected chi connectivity index (χ3v) is 7.45. The molecule has 4 rings (SSSR count). The Morgan fingerprint density at radius 2 is 1.17 bits per heavy atom. The molecule has 2 N–H and O–H groups in total. The molecule has 0 aliphatic rings. The smallest absolute Gasteiger partial charge is 0.240 e. The van der Waals surface area contributed by atoms with Crippen molar-refractivity contribution in [1.29, 1.82) is 0 Å². The number of aryl methyl sites for hydroxylation is 1. The van der Waals surface area contributed by atoms with E-state index in [2.05, 4.69) is 4.72 Å². The Bertz CT molecular complexity index is 1210. The van der Waals surface area contributed by atoms with Crippen molar-refractivity contribution in [2.75, 3.05) is 13.2 Å². The van der Waals surface area contributed by atoms with E-state index in [9.17, 15) is 13.5 Å². The first-order chi connectivity index (χ1) is 17.0. The lowest BCUT2D eigenvalue weighted by Gasteiger charge is -2.37. The van der Waals surface area contributed by atoms with E-state index in [4.69, 9.17) is 4.74 Å². The molecule has 0 saturated carbocycles. The monoisotopic (exact) mass is 487 g/mol. The van der Waals surface area contributed by atoms with Gasteiger partial charge >= 0.3 is 0 Å². The zero-order valence-electron chi connectivity index (χ0n) is 19.5. The average molecular weight is 488 g/mol. The summed E-state index contributed by atoms with van der Waals surface area (Å²) < 4.78 is 35.2. The minimum Gasteiger partial charge on any atom is -0.395 e. The largest absolute Gasteiger partial charge is 0.395 e. The number of ether oxygens (including phenoxy) is 1. The number of sulfonamides is 1. The van der Waals surface area contributed by atoms with Crippen molar-refractivity contribution in [1.82, 2.24) is 4.72 Å². The molecule has 0 fully saturated rings. The van der Waals surface area contributed by atoms with Gasteiger partial charge in [-0.05, 0) is 35.7 Å². The summed E-state index contributed by atoms with van der Waals surface area (Å²) in [6.45, 7) is 1.42. The highest BCUT2D eigenvalue weighted by atomic mass is 32.2. The summed E-state index contributed by atoms with van der Waals surface area (Å²) >= 11 is 0. The summed E-state index contributed by atoms with van der Waals surface area (Å²) in [6, 6.07) is 35.2. The van der Waals surface area contributed by atoms with Crippen molar-refractivity contribution in [3.63, 3.8) is 0 Å². The highest BCUT2D eigenvalue weighted by Gasteiger charge is 2.38. The predicted molar refractivity (Wildman–Crippen MR) is 138 cm³/mol. The van der Waals surface area contributed by atoms with Gasteiger partial charge in [0.05, 0.1) is 24.2 Å². The summed E-state index contributed by atoms with van der Waals surface area (Å²) in [5.41, 5.74) is 2.65. The molecule has 4 aromatic carbocycles. The second-order valence-electron chi connectivity index (χ2n) is 8.40. The molecule has 0 saturated heterocycles. The van der Waals surface area contributed by atoms with Crippen LogP contribution in [-0.4, -0.2) is 32.8 Å². The third-order valence-electron chi connectivity index (χ3n) is 5.92. The average Bonchev–Trinajstić information content (AvgIpc) is 2.90. The van der Waals surface area contributed by atoms with Crippen LogP contribution >= 0.6 is 0 Å². The van der Waals surface area contributed by atoms with Crippen LogP contribution in [0.25, 0.3) is 0 Å². The van der Waals surface area contributed by atoms with Crippen molar-refractivity contribution >= 4 is 10.0 Å². The maximum atomic E-state index is 13.0. The maximum Gasteiger partial charge on any atom is 0.240 e. The van der Waals surface area contributed by atoms with E-state index in [0.29, 0.717) is 0 Å². The van der Waals surface area contributed by atoms with E-state index in [1.807, 2.05) is 97.9 Å². The van der Waals surface area contributed by atoms with Gasteiger partial charge in [-0.3, -0.25) is 0 Å². The summed E-state index contributed by atoms with van der Waals surface area (Å²) in [7, 11) is -3.84. The van der Waals surface area contributed by atoms with Crippen LogP contribution < -0.4 is 4.72 Å². The number of benzene rings is 4. The highest BCUT2D eigenvalue weighted by molar-refractivity contribution is 7.89. The molecule has 5 nitrogen and oxygen atoms in total.